The van der Waals surface area contributed by atoms with E-state index in [0.717, 1.165) is 67.0 Å². The molecule has 4 heterocycles. The van der Waals surface area contributed by atoms with Crippen LogP contribution in [0.3, 0.4) is 0 Å². The summed E-state index contributed by atoms with van der Waals surface area (Å²) < 4.78 is 6.40. The third-order valence-electron chi connectivity index (χ3n) is 8.24. The van der Waals surface area contributed by atoms with Gasteiger partial charge in [0, 0.05) is 29.2 Å². The van der Waals surface area contributed by atoms with Crippen molar-refractivity contribution in [1.82, 2.24) is 9.97 Å². The van der Waals surface area contributed by atoms with Gasteiger partial charge in [0.1, 0.15) is 11.3 Å². The normalized spacial score (nSPS) is 12.1. The average Bonchev–Trinajstić information content (AvgIpc) is 3.82. The number of furan rings is 1. The number of aromatic nitrogens is 2. The number of phenols is 1. The van der Waals surface area contributed by atoms with Crippen LogP contribution in [0.4, 0.5) is 11.4 Å². The predicted octanol–water partition coefficient (Wildman–Crippen LogP) is 10.3. The van der Waals surface area contributed by atoms with Crippen LogP contribution in [-0.2, 0) is 20.1 Å². The molecule has 0 bridgehead atoms. The molecule has 0 unspecified atom stereocenters. The summed E-state index contributed by atoms with van der Waals surface area (Å²) in [5.41, 5.74) is 9.11. The largest absolute Gasteiger partial charge is 3.00 e. The van der Waals surface area contributed by atoms with Crippen LogP contribution in [0.2, 0.25) is 0 Å². The minimum absolute atomic E-state index is 0. The van der Waals surface area contributed by atoms with E-state index >= 15 is 0 Å². The van der Waals surface area contributed by atoms with Crippen LogP contribution < -0.4 is 9.80 Å². The summed E-state index contributed by atoms with van der Waals surface area (Å²) in [6.45, 7) is 1.90. The number of phenolic OH excluding ortho intramolecular Hbond substituents is 1. The van der Waals surface area contributed by atoms with Gasteiger partial charge in [0.05, 0.1) is 11.3 Å². The molecular formula is C43H29IrN4O2. The summed E-state index contributed by atoms with van der Waals surface area (Å²) in [7, 11) is 0. The van der Waals surface area contributed by atoms with E-state index < -0.39 is 0 Å². The van der Waals surface area contributed by atoms with Crippen molar-refractivity contribution in [3.05, 3.63) is 183 Å². The van der Waals surface area contributed by atoms with E-state index in [1.165, 1.54) is 0 Å². The fraction of sp³-hybridized carbons (Fsp3) is 0. The van der Waals surface area contributed by atoms with Gasteiger partial charge < -0.3 is 19.3 Å². The van der Waals surface area contributed by atoms with Gasteiger partial charge in [0.25, 0.3) is 0 Å². The molecule has 0 atom stereocenters. The number of aromatic hydroxyl groups is 1. The van der Waals surface area contributed by atoms with Crippen LogP contribution >= 0.6 is 0 Å². The standard InChI is InChI=1S/C28H17N2O.C15H12N2O.Ir/c1-2-8-19(9-3-1)20-12-13-22-23-16-21(25-10-4-6-14-29-25)17-24(26-11-5-7-15-30-26)28(23)31-27(22)18-20;18-15-9-5-4-8-14(15)17-11-10-16(12-17)13-6-2-1-3-7-13;/h1-16,18H;1-6,8-12,18H;/q-1;-2;+3. The first-order valence-electron chi connectivity index (χ1n) is 15.9. The Balaban J connectivity index is 0.000000176. The van der Waals surface area contributed by atoms with Crippen molar-refractivity contribution in [2.45, 2.75) is 0 Å². The smallest absolute Gasteiger partial charge is 0.506 e. The molecule has 7 heteroatoms. The van der Waals surface area contributed by atoms with Crippen molar-refractivity contribution >= 4 is 33.3 Å². The zero-order valence-electron chi connectivity index (χ0n) is 26.6. The molecule has 5 aromatic carbocycles. The summed E-state index contributed by atoms with van der Waals surface area (Å²) >= 11 is 0. The number of anilines is 2. The number of fused-ring (bicyclic) bond motifs is 3. The molecule has 50 heavy (non-hydrogen) atoms. The van der Waals surface area contributed by atoms with Crippen molar-refractivity contribution in [3.8, 4) is 39.4 Å². The van der Waals surface area contributed by atoms with Crippen LogP contribution in [0.25, 0.3) is 55.6 Å². The molecular weight excluding hydrogens is 797 g/mol. The average molecular weight is 826 g/mol. The Kier molecular flexibility index (Phi) is 9.52. The molecule has 0 amide bonds. The number of hydrogen-bond donors (Lipinski definition) is 1. The third kappa shape index (κ3) is 6.65. The van der Waals surface area contributed by atoms with Crippen molar-refractivity contribution in [2.24, 2.45) is 0 Å². The second-order valence-corrected chi connectivity index (χ2v) is 11.4. The number of pyridine rings is 2. The molecule has 0 saturated heterocycles. The van der Waals surface area contributed by atoms with Crippen LogP contribution in [-0.4, -0.2) is 15.1 Å². The maximum absolute atomic E-state index is 9.81. The monoisotopic (exact) mass is 826 g/mol. The topological polar surface area (TPSA) is 65.6 Å². The van der Waals surface area contributed by atoms with Crippen LogP contribution in [0, 0.1) is 18.8 Å². The molecule has 6 nitrogen and oxygen atoms in total. The summed E-state index contributed by atoms with van der Waals surface area (Å²) in [5, 5.41) is 11.9. The summed E-state index contributed by atoms with van der Waals surface area (Å²) in [6.07, 6.45) is 7.42. The quantitative estimate of drug-likeness (QED) is 0.174. The maximum atomic E-state index is 9.81. The van der Waals surface area contributed by atoms with E-state index in [1.54, 1.807) is 24.5 Å². The summed E-state index contributed by atoms with van der Waals surface area (Å²) in [6, 6.07) is 52.3. The van der Waals surface area contributed by atoms with E-state index in [1.807, 2.05) is 120 Å². The molecule has 1 aliphatic rings. The van der Waals surface area contributed by atoms with Gasteiger partial charge in [-0.25, -0.2) is 0 Å². The zero-order valence-corrected chi connectivity index (χ0v) is 29.0. The summed E-state index contributed by atoms with van der Waals surface area (Å²) in [4.78, 5) is 12.9. The van der Waals surface area contributed by atoms with Gasteiger partial charge in [0.2, 0.25) is 0 Å². The molecule has 1 aliphatic heterocycles. The molecule has 0 saturated carbocycles. The van der Waals surface area contributed by atoms with E-state index in [0.29, 0.717) is 0 Å². The molecule has 0 spiro atoms. The van der Waals surface area contributed by atoms with Crippen molar-refractivity contribution in [1.29, 1.82) is 0 Å². The molecule has 3 aromatic heterocycles. The molecule has 0 aliphatic carbocycles. The van der Waals surface area contributed by atoms with Gasteiger partial charge in [-0.2, -0.15) is 30.3 Å². The SMILES string of the molecule is Oc1ccccc1N1C=CN(c2[c-]cccc2)[CH-]1.[Ir+3].[c-]1c(-c2ccccn2)cc2c(oc3cc(-c4ccccc4)ccc32)c1-c1ccccn1. The van der Waals surface area contributed by atoms with E-state index in [-0.39, 0.29) is 25.9 Å². The Hall–Kier alpha value is -6.01. The minimum atomic E-state index is 0. The minimum Gasteiger partial charge on any atom is -0.506 e. The summed E-state index contributed by atoms with van der Waals surface area (Å²) in [5.74, 6) is 0.261. The third-order valence-corrected chi connectivity index (χ3v) is 8.24. The number of benzene rings is 5. The molecule has 9 rings (SSSR count). The van der Waals surface area contributed by atoms with E-state index in [2.05, 4.69) is 58.5 Å². The van der Waals surface area contributed by atoms with Crippen LogP contribution in [0.15, 0.2) is 169 Å². The van der Waals surface area contributed by atoms with Gasteiger partial charge >= 0.3 is 20.1 Å². The Morgan fingerprint density at radius 3 is 2.10 bits per heavy atom. The van der Waals surface area contributed by atoms with Gasteiger partial charge in [0.15, 0.2) is 0 Å². The Bertz CT molecular complexity index is 2380. The first-order valence-corrected chi connectivity index (χ1v) is 15.9. The first kappa shape index (κ1) is 32.5. The second kappa shape index (κ2) is 14.6. The first-order chi connectivity index (χ1) is 24.2. The van der Waals surface area contributed by atoms with Gasteiger partial charge in [-0.3, -0.25) is 9.97 Å². The fourth-order valence-electron chi connectivity index (χ4n) is 5.85. The fourth-order valence-corrected chi connectivity index (χ4v) is 5.85. The molecule has 242 valence electrons. The zero-order chi connectivity index (χ0) is 33.0. The van der Waals surface area contributed by atoms with E-state index in [9.17, 15) is 5.11 Å². The van der Waals surface area contributed by atoms with Gasteiger partial charge in [-0.05, 0) is 59.2 Å². The number of para-hydroxylation sites is 3. The van der Waals surface area contributed by atoms with Crippen molar-refractivity contribution < 1.29 is 29.6 Å². The van der Waals surface area contributed by atoms with Gasteiger partial charge in [-0.15, -0.1) is 24.5 Å². The molecule has 8 aromatic rings. The predicted molar refractivity (Wildman–Crippen MR) is 196 cm³/mol. The Morgan fingerprint density at radius 1 is 0.640 bits per heavy atom. The number of nitrogens with zero attached hydrogens (tertiary/aromatic N) is 4. The van der Waals surface area contributed by atoms with Crippen molar-refractivity contribution in [2.75, 3.05) is 9.80 Å². The van der Waals surface area contributed by atoms with Crippen LogP contribution in [0.5, 0.6) is 5.75 Å². The van der Waals surface area contributed by atoms with Crippen molar-refractivity contribution in [3.63, 3.8) is 0 Å². The second-order valence-electron chi connectivity index (χ2n) is 11.4. The van der Waals surface area contributed by atoms with E-state index in [4.69, 9.17) is 4.42 Å². The van der Waals surface area contributed by atoms with Crippen LogP contribution in [0.1, 0.15) is 0 Å². The Morgan fingerprint density at radius 2 is 1.36 bits per heavy atom. The van der Waals surface area contributed by atoms with Gasteiger partial charge in [-0.1, -0.05) is 90.0 Å². The molecule has 0 fully saturated rings. The molecule has 0 radical (unpaired) electrons. The number of hydrogen-bond acceptors (Lipinski definition) is 6. The Labute approximate surface area is 304 Å². The number of rotatable bonds is 5. The molecule has 1 N–H and O–H groups in total. The maximum Gasteiger partial charge on any atom is 3.00 e.